The van der Waals surface area contributed by atoms with Crippen LogP contribution in [0, 0.1) is 6.92 Å². The lowest BCUT2D eigenvalue weighted by Gasteiger charge is -2.25. The fourth-order valence-electron chi connectivity index (χ4n) is 3.83. The average molecular weight is 416 g/mol. The molecule has 0 amide bonds. The number of hydrogen-bond donors (Lipinski definition) is 1. The van der Waals surface area contributed by atoms with Crippen LogP contribution in [-0.4, -0.2) is 31.0 Å². The number of para-hydroxylation sites is 1. The summed E-state index contributed by atoms with van der Waals surface area (Å²) < 4.78 is 10.9. The largest absolute Gasteiger partial charge is 0.493 e. The first kappa shape index (κ1) is 20.5. The number of rotatable bonds is 6. The number of aromatic carboxylic acids is 1. The van der Waals surface area contributed by atoms with E-state index in [1.165, 1.54) is 5.56 Å². The Kier molecular flexibility index (Phi) is 5.62. The van der Waals surface area contributed by atoms with E-state index in [1.54, 1.807) is 37.4 Å². The molecule has 4 rings (SSSR count). The maximum absolute atomic E-state index is 11.9. The van der Waals surface area contributed by atoms with E-state index in [4.69, 9.17) is 14.6 Å². The lowest BCUT2D eigenvalue weighted by molar-refractivity contribution is 0.0697. The average Bonchev–Trinajstić information content (AvgIpc) is 3.24. The van der Waals surface area contributed by atoms with Crippen LogP contribution in [0.2, 0.25) is 0 Å². The lowest BCUT2D eigenvalue weighted by Crippen LogP contribution is -2.21. The van der Waals surface area contributed by atoms with Crippen LogP contribution in [0.5, 0.6) is 11.5 Å². The minimum Gasteiger partial charge on any atom is -0.493 e. The molecule has 0 spiro atoms. The van der Waals surface area contributed by atoms with Gasteiger partial charge in [0.05, 0.1) is 37.2 Å². The molecule has 1 aliphatic rings. The van der Waals surface area contributed by atoms with Crippen molar-refractivity contribution in [3.63, 3.8) is 0 Å². The summed E-state index contributed by atoms with van der Waals surface area (Å²) in [6.07, 6.45) is 0.631. The molecule has 1 aliphatic heterocycles. The van der Waals surface area contributed by atoms with Crippen LogP contribution in [0.1, 0.15) is 39.5 Å². The zero-order valence-electron chi connectivity index (χ0n) is 17.7. The minimum atomic E-state index is -0.986. The third-order valence-electron chi connectivity index (χ3n) is 5.47. The molecule has 6 nitrogen and oxygen atoms in total. The van der Waals surface area contributed by atoms with Gasteiger partial charge in [-0.15, -0.1) is 0 Å². The van der Waals surface area contributed by atoms with Crippen LogP contribution in [0.15, 0.2) is 71.8 Å². The molecule has 0 fully saturated rings. The molecule has 0 aromatic heterocycles. The van der Waals surface area contributed by atoms with Gasteiger partial charge in [0.25, 0.3) is 0 Å². The molecule has 0 radical (unpaired) electrons. The van der Waals surface area contributed by atoms with E-state index in [9.17, 15) is 9.90 Å². The standard InChI is InChI=1S/C25H24N2O4/c1-16-8-10-17(11-9-16)20-15-22(18-12-13-23(30-2)24(14-18)31-3)27(26-20)21-7-5-4-6-19(21)25(28)29/h4-14,22H,15H2,1-3H3,(H,28,29)/t22-/m1/s1. The highest BCUT2D eigenvalue weighted by atomic mass is 16.5. The van der Waals surface area contributed by atoms with Crippen LogP contribution in [-0.2, 0) is 0 Å². The first-order valence-electron chi connectivity index (χ1n) is 10.00. The Hall–Kier alpha value is -3.80. The van der Waals surface area contributed by atoms with Gasteiger partial charge in [0, 0.05) is 6.42 Å². The summed E-state index contributed by atoms with van der Waals surface area (Å²) >= 11 is 0. The van der Waals surface area contributed by atoms with E-state index in [0.29, 0.717) is 23.6 Å². The van der Waals surface area contributed by atoms with Crippen molar-refractivity contribution < 1.29 is 19.4 Å². The number of methoxy groups -OCH3 is 2. The van der Waals surface area contributed by atoms with Crippen LogP contribution >= 0.6 is 0 Å². The molecular weight excluding hydrogens is 392 g/mol. The number of hydrogen-bond acceptors (Lipinski definition) is 5. The molecular formula is C25H24N2O4. The van der Waals surface area contributed by atoms with E-state index in [0.717, 1.165) is 16.8 Å². The van der Waals surface area contributed by atoms with Gasteiger partial charge in [0.2, 0.25) is 0 Å². The monoisotopic (exact) mass is 416 g/mol. The topological polar surface area (TPSA) is 71.4 Å². The molecule has 0 saturated carbocycles. The molecule has 3 aromatic rings. The molecule has 31 heavy (non-hydrogen) atoms. The van der Waals surface area contributed by atoms with Gasteiger partial charge in [-0.3, -0.25) is 5.01 Å². The fraction of sp³-hybridized carbons (Fsp3) is 0.200. The third-order valence-corrected chi connectivity index (χ3v) is 5.47. The molecule has 3 aromatic carbocycles. The second kappa shape index (κ2) is 8.52. The van der Waals surface area contributed by atoms with E-state index in [-0.39, 0.29) is 11.6 Å². The highest BCUT2D eigenvalue weighted by molar-refractivity contribution is 6.04. The van der Waals surface area contributed by atoms with Crippen molar-refractivity contribution in [1.82, 2.24) is 0 Å². The Morgan fingerprint density at radius 2 is 1.71 bits per heavy atom. The van der Waals surface area contributed by atoms with Gasteiger partial charge < -0.3 is 14.6 Å². The Morgan fingerprint density at radius 3 is 2.39 bits per heavy atom. The Bertz CT molecular complexity index is 1140. The van der Waals surface area contributed by atoms with Crippen LogP contribution in [0.3, 0.4) is 0 Å². The van der Waals surface area contributed by atoms with E-state index < -0.39 is 5.97 Å². The van der Waals surface area contributed by atoms with E-state index in [1.807, 2.05) is 43.3 Å². The summed E-state index contributed by atoms with van der Waals surface area (Å²) in [6, 6.07) is 20.7. The summed E-state index contributed by atoms with van der Waals surface area (Å²) in [5, 5.41) is 16.4. The molecule has 0 bridgehead atoms. The summed E-state index contributed by atoms with van der Waals surface area (Å²) in [4.78, 5) is 11.9. The normalized spacial score (nSPS) is 15.5. The highest BCUT2D eigenvalue weighted by Crippen LogP contribution is 2.40. The predicted molar refractivity (Wildman–Crippen MR) is 121 cm³/mol. The van der Waals surface area contributed by atoms with E-state index in [2.05, 4.69) is 12.1 Å². The smallest absolute Gasteiger partial charge is 0.337 e. The van der Waals surface area contributed by atoms with Crippen LogP contribution in [0.25, 0.3) is 0 Å². The first-order chi connectivity index (χ1) is 15.0. The molecule has 1 N–H and O–H groups in total. The lowest BCUT2D eigenvalue weighted by atomic mass is 9.97. The number of anilines is 1. The summed E-state index contributed by atoms with van der Waals surface area (Å²) in [5.74, 6) is 0.275. The zero-order valence-corrected chi connectivity index (χ0v) is 17.7. The van der Waals surface area contributed by atoms with Crippen molar-refractivity contribution in [3.05, 3.63) is 89.0 Å². The maximum atomic E-state index is 11.9. The van der Waals surface area contributed by atoms with E-state index >= 15 is 0 Å². The number of aryl methyl sites for hydroxylation is 1. The molecule has 6 heteroatoms. The Balaban J connectivity index is 1.82. The second-order valence-corrected chi connectivity index (χ2v) is 7.41. The van der Waals surface area contributed by atoms with Gasteiger partial charge in [0.15, 0.2) is 11.5 Å². The summed E-state index contributed by atoms with van der Waals surface area (Å²) in [7, 11) is 3.20. The Labute approximate surface area is 181 Å². The fourth-order valence-corrected chi connectivity index (χ4v) is 3.83. The van der Waals surface area contributed by atoms with Crippen molar-refractivity contribution in [1.29, 1.82) is 0 Å². The van der Waals surface area contributed by atoms with Gasteiger partial charge in [-0.2, -0.15) is 5.10 Å². The summed E-state index contributed by atoms with van der Waals surface area (Å²) in [6.45, 7) is 2.04. The van der Waals surface area contributed by atoms with Gasteiger partial charge in [0.1, 0.15) is 0 Å². The second-order valence-electron chi connectivity index (χ2n) is 7.41. The van der Waals surface area contributed by atoms with Crippen molar-refractivity contribution in [2.45, 2.75) is 19.4 Å². The van der Waals surface area contributed by atoms with Crippen molar-refractivity contribution in [2.24, 2.45) is 5.10 Å². The SMILES string of the molecule is COc1ccc([C@H]2CC(c3ccc(C)cc3)=NN2c2ccccc2C(=O)O)cc1OC. The maximum Gasteiger partial charge on any atom is 0.337 e. The van der Waals surface area contributed by atoms with Gasteiger partial charge in [-0.25, -0.2) is 4.79 Å². The van der Waals surface area contributed by atoms with Crippen LogP contribution in [0.4, 0.5) is 5.69 Å². The molecule has 1 atom stereocenters. The number of ether oxygens (including phenoxy) is 2. The third kappa shape index (κ3) is 3.97. The first-order valence-corrected chi connectivity index (χ1v) is 10.00. The van der Waals surface area contributed by atoms with Gasteiger partial charge in [-0.1, -0.05) is 48.0 Å². The predicted octanol–water partition coefficient (Wildman–Crippen LogP) is 5.07. The molecule has 0 saturated heterocycles. The molecule has 0 aliphatic carbocycles. The van der Waals surface area contributed by atoms with Crippen molar-refractivity contribution >= 4 is 17.4 Å². The highest BCUT2D eigenvalue weighted by Gasteiger charge is 2.32. The quantitative estimate of drug-likeness (QED) is 0.608. The van der Waals surface area contributed by atoms with Gasteiger partial charge >= 0.3 is 5.97 Å². The number of carbonyl (C=O) groups is 1. The van der Waals surface area contributed by atoms with Gasteiger partial charge in [-0.05, 0) is 42.3 Å². The number of hydrazone groups is 1. The minimum absolute atomic E-state index is 0.184. The zero-order chi connectivity index (χ0) is 22.0. The molecule has 0 unspecified atom stereocenters. The number of carboxylic acid groups (broad SMARTS) is 1. The molecule has 1 heterocycles. The van der Waals surface area contributed by atoms with Crippen molar-refractivity contribution in [2.75, 3.05) is 19.2 Å². The summed E-state index contributed by atoms with van der Waals surface area (Å²) in [5.41, 5.74) is 4.82. The van der Waals surface area contributed by atoms with Crippen LogP contribution < -0.4 is 14.5 Å². The molecule has 158 valence electrons. The number of carboxylic acids is 1. The Morgan fingerprint density at radius 1 is 1.00 bits per heavy atom. The van der Waals surface area contributed by atoms with Crippen molar-refractivity contribution in [3.8, 4) is 11.5 Å². The number of benzene rings is 3. The number of nitrogens with zero attached hydrogens (tertiary/aromatic N) is 2.